The number of hydrogen-bond acceptors (Lipinski definition) is 4. The Morgan fingerprint density at radius 2 is 1.77 bits per heavy atom. The van der Waals surface area contributed by atoms with Gasteiger partial charge in [-0.1, -0.05) is 74.4 Å². The van der Waals surface area contributed by atoms with Crippen LogP contribution in [0.1, 0.15) is 72.1 Å². The summed E-state index contributed by atoms with van der Waals surface area (Å²) in [5.74, 6) is 1.32. The summed E-state index contributed by atoms with van der Waals surface area (Å²) in [7, 11) is 0. The highest BCUT2D eigenvalue weighted by Gasteiger charge is 2.62. The standard InChI is InChI=1S/C34H43NO4/c1-4-19-35(31(37)39-27-11-9-23-7-5-6-8-24(23)20-27)22-34(38)18-15-30-28-12-10-25-21-26(36)13-16-32(25,2)29(28)14-17-33(30,34)3/h5-12,20,26,29-30,36,38H,4,13-19,21-22H2,1-3H3. The van der Waals surface area contributed by atoms with E-state index >= 15 is 0 Å². The Bertz CT molecular complexity index is 1330. The zero-order valence-corrected chi connectivity index (χ0v) is 23.7. The molecule has 0 radical (unpaired) electrons. The number of carbonyl (C=O) groups excluding carboxylic acids is 1. The molecule has 6 atom stereocenters. The third-order valence-corrected chi connectivity index (χ3v) is 11.0. The normalized spacial score (nSPS) is 35.4. The number of carbonyl (C=O) groups is 1. The molecule has 0 bridgehead atoms. The second-order valence-electron chi connectivity index (χ2n) is 13.1. The average molecular weight is 530 g/mol. The Balaban J connectivity index is 1.23. The van der Waals surface area contributed by atoms with E-state index in [-0.39, 0.29) is 23.0 Å². The maximum atomic E-state index is 13.4. The molecule has 0 aromatic heterocycles. The van der Waals surface area contributed by atoms with Crippen LogP contribution in [0.4, 0.5) is 4.79 Å². The van der Waals surface area contributed by atoms with E-state index in [0.29, 0.717) is 37.1 Å². The lowest BCUT2D eigenvalue weighted by Gasteiger charge is -2.56. The van der Waals surface area contributed by atoms with Gasteiger partial charge in [0.05, 0.1) is 18.2 Å². The molecule has 208 valence electrons. The van der Waals surface area contributed by atoms with Gasteiger partial charge in [0.25, 0.3) is 0 Å². The number of allylic oxidation sites excluding steroid dienone is 3. The Hall–Kier alpha value is -2.63. The van der Waals surface area contributed by atoms with Crippen molar-refractivity contribution in [1.82, 2.24) is 4.90 Å². The molecule has 5 heteroatoms. The smallest absolute Gasteiger partial charge is 0.410 e. The maximum Gasteiger partial charge on any atom is 0.415 e. The molecule has 1 amide bonds. The number of benzene rings is 2. The molecule has 2 aromatic rings. The van der Waals surface area contributed by atoms with Crippen LogP contribution in [0.25, 0.3) is 10.8 Å². The molecule has 0 aliphatic heterocycles. The summed E-state index contributed by atoms with van der Waals surface area (Å²) in [5, 5.41) is 24.7. The molecule has 0 heterocycles. The highest BCUT2D eigenvalue weighted by molar-refractivity contribution is 5.84. The molecule has 3 saturated carbocycles. The van der Waals surface area contributed by atoms with Crippen LogP contribution in [0, 0.1) is 22.7 Å². The molecular weight excluding hydrogens is 486 g/mol. The van der Waals surface area contributed by atoms with E-state index in [0.717, 1.165) is 55.7 Å². The lowest BCUT2D eigenvalue weighted by molar-refractivity contribution is -0.0979. The number of hydrogen-bond donors (Lipinski definition) is 2. The molecule has 6 rings (SSSR count). The third kappa shape index (κ3) is 4.33. The van der Waals surface area contributed by atoms with Crippen molar-refractivity contribution >= 4 is 16.9 Å². The molecule has 2 N–H and O–H groups in total. The maximum absolute atomic E-state index is 13.4. The Kier molecular flexibility index (Phi) is 6.67. The molecule has 0 saturated heterocycles. The Morgan fingerprint density at radius 1 is 1.00 bits per heavy atom. The first kappa shape index (κ1) is 26.6. The number of amides is 1. The van der Waals surface area contributed by atoms with Crippen LogP contribution in [0.3, 0.4) is 0 Å². The highest BCUT2D eigenvalue weighted by atomic mass is 16.6. The molecule has 2 aromatic carbocycles. The fourth-order valence-corrected chi connectivity index (χ4v) is 8.57. The van der Waals surface area contributed by atoms with Gasteiger partial charge in [-0.2, -0.15) is 0 Å². The summed E-state index contributed by atoms with van der Waals surface area (Å²) in [6, 6.07) is 13.8. The van der Waals surface area contributed by atoms with Crippen LogP contribution in [-0.2, 0) is 0 Å². The number of nitrogens with zero attached hydrogens (tertiary/aromatic N) is 1. The van der Waals surface area contributed by atoms with Crippen LogP contribution in [0.5, 0.6) is 5.75 Å². The monoisotopic (exact) mass is 529 g/mol. The van der Waals surface area contributed by atoms with Gasteiger partial charge in [-0.05, 0) is 91.5 Å². The van der Waals surface area contributed by atoms with Gasteiger partial charge in [0.2, 0.25) is 0 Å². The SMILES string of the molecule is CCCN(CC1(O)CCC2C3=CC=C4CC(O)CCC4(C)C3CCC21C)C(=O)Oc1ccc2ccccc2c1. The van der Waals surface area contributed by atoms with E-state index < -0.39 is 5.60 Å². The molecule has 6 unspecified atom stereocenters. The molecular formula is C34H43NO4. The second-order valence-corrected chi connectivity index (χ2v) is 13.1. The molecule has 4 aliphatic rings. The first-order valence-corrected chi connectivity index (χ1v) is 14.9. The summed E-state index contributed by atoms with van der Waals surface area (Å²) in [4.78, 5) is 15.2. The summed E-state index contributed by atoms with van der Waals surface area (Å²) in [5.41, 5.74) is 1.75. The van der Waals surface area contributed by atoms with Crippen molar-refractivity contribution in [2.75, 3.05) is 13.1 Å². The summed E-state index contributed by atoms with van der Waals surface area (Å²) in [6.07, 6.45) is 11.1. The fraction of sp³-hybridized carbons (Fsp3) is 0.559. The second kappa shape index (κ2) is 9.78. The topological polar surface area (TPSA) is 70.0 Å². The van der Waals surface area contributed by atoms with Crippen molar-refractivity contribution < 1.29 is 19.7 Å². The van der Waals surface area contributed by atoms with E-state index in [9.17, 15) is 15.0 Å². The summed E-state index contributed by atoms with van der Waals surface area (Å²) >= 11 is 0. The first-order chi connectivity index (χ1) is 18.7. The fourth-order valence-electron chi connectivity index (χ4n) is 8.57. The minimum Gasteiger partial charge on any atom is -0.410 e. The van der Waals surface area contributed by atoms with Crippen LogP contribution in [-0.4, -0.2) is 46.0 Å². The van der Waals surface area contributed by atoms with Gasteiger partial charge < -0.3 is 19.8 Å². The van der Waals surface area contributed by atoms with E-state index in [4.69, 9.17) is 4.74 Å². The van der Waals surface area contributed by atoms with Crippen LogP contribution in [0.15, 0.2) is 65.8 Å². The average Bonchev–Trinajstić information content (AvgIpc) is 3.19. The highest BCUT2D eigenvalue weighted by Crippen LogP contribution is 2.66. The Labute approximate surface area is 232 Å². The quantitative estimate of drug-likeness (QED) is 0.436. The van der Waals surface area contributed by atoms with Crippen LogP contribution in [0.2, 0.25) is 0 Å². The number of ether oxygens (including phenoxy) is 1. The molecule has 5 nitrogen and oxygen atoms in total. The number of aliphatic hydroxyl groups is 2. The van der Waals surface area contributed by atoms with Gasteiger partial charge in [0, 0.05) is 12.0 Å². The van der Waals surface area contributed by atoms with Crippen LogP contribution >= 0.6 is 0 Å². The Morgan fingerprint density at radius 3 is 2.56 bits per heavy atom. The van der Waals surface area contributed by atoms with Gasteiger partial charge in [-0.15, -0.1) is 0 Å². The van der Waals surface area contributed by atoms with Crippen molar-refractivity contribution in [2.45, 2.75) is 83.8 Å². The summed E-state index contributed by atoms with van der Waals surface area (Å²) in [6.45, 7) is 7.56. The third-order valence-electron chi connectivity index (χ3n) is 11.0. The van der Waals surface area contributed by atoms with E-state index in [1.54, 1.807) is 4.90 Å². The van der Waals surface area contributed by atoms with E-state index in [1.807, 2.05) is 42.5 Å². The zero-order chi connectivity index (χ0) is 27.4. The van der Waals surface area contributed by atoms with Crippen LogP contribution < -0.4 is 4.74 Å². The molecule has 3 fully saturated rings. The number of aliphatic hydroxyl groups excluding tert-OH is 1. The lowest BCUT2D eigenvalue weighted by atomic mass is 9.50. The minimum atomic E-state index is -0.964. The van der Waals surface area contributed by atoms with Gasteiger partial charge in [-0.3, -0.25) is 0 Å². The van der Waals surface area contributed by atoms with Crippen molar-refractivity contribution in [3.05, 3.63) is 65.8 Å². The van der Waals surface area contributed by atoms with E-state index in [1.165, 1.54) is 11.1 Å². The van der Waals surface area contributed by atoms with Gasteiger partial charge in [0.15, 0.2) is 0 Å². The van der Waals surface area contributed by atoms with Crippen molar-refractivity contribution in [2.24, 2.45) is 22.7 Å². The van der Waals surface area contributed by atoms with Gasteiger partial charge >= 0.3 is 6.09 Å². The van der Waals surface area contributed by atoms with Crippen molar-refractivity contribution in [3.63, 3.8) is 0 Å². The summed E-state index contributed by atoms with van der Waals surface area (Å²) < 4.78 is 5.86. The minimum absolute atomic E-state index is 0.114. The van der Waals surface area contributed by atoms with Gasteiger partial charge in [-0.25, -0.2) is 4.79 Å². The van der Waals surface area contributed by atoms with Crippen molar-refractivity contribution in [1.29, 1.82) is 0 Å². The molecule has 0 spiro atoms. The van der Waals surface area contributed by atoms with Gasteiger partial charge in [0.1, 0.15) is 5.75 Å². The molecule has 39 heavy (non-hydrogen) atoms. The predicted octanol–water partition coefficient (Wildman–Crippen LogP) is 7.03. The predicted molar refractivity (Wildman–Crippen MR) is 154 cm³/mol. The lowest BCUT2D eigenvalue weighted by Crippen LogP contribution is -2.57. The first-order valence-electron chi connectivity index (χ1n) is 14.9. The zero-order valence-electron chi connectivity index (χ0n) is 23.7. The van der Waals surface area contributed by atoms with E-state index in [2.05, 4.69) is 32.9 Å². The molecule has 4 aliphatic carbocycles. The largest absolute Gasteiger partial charge is 0.415 e. The number of fused-ring (bicyclic) bond motifs is 6. The number of rotatable bonds is 5. The van der Waals surface area contributed by atoms with Crippen molar-refractivity contribution in [3.8, 4) is 5.75 Å².